The maximum atomic E-state index is 12.1. The molecule has 2 aromatic rings. The van der Waals surface area contributed by atoms with Crippen LogP contribution in [0.3, 0.4) is 0 Å². The summed E-state index contributed by atoms with van der Waals surface area (Å²) < 4.78 is 12.7. The molecule has 4 heteroatoms. The maximum Gasteiger partial charge on any atom is 0.124 e. The lowest BCUT2D eigenvalue weighted by Crippen LogP contribution is -1.71. The summed E-state index contributed by atoms with van der Waals surface area (Å²) in [6.45, 7) is 0. The van der Waals surface area contributed by atoms with Crippen LogP contribution in [0.2, 0.25) is 0 Å². The molecule has 13 heavy (non-hydrogen) atoms. The van der Waals surface area contributed by atoms with E-state index >= 15 is 0 Å². The van der Waals surface area contributed by atoms with Crippen molar-refractivity contribution in [3.63, 3.8) is 0 Å². The van der Waals surface area contributed by atoms with Crippen LogP contribution in [0.4, 0.5) is 3.89 Å². The summed E-state index contributed by atoms with van der Waals surface area (Å²) in [7, 11) is 0. The predicted molar refractivity (Wildman–Crippen MR) is 54.5 cm³/mol. The van der Waals surface area contributed by atoms with Crippen molar-refractivity contribution in [2.45, 2.75) is 4.21 Å². The molecule has 0 bridgehead atoms. The first kappa shape index (κ1) is 8.72. The molecule has 0 amide bonds. The molecule has 0 aliphatic heterocycles. The standard InChI is InChI=1S/C9H6FNS2/c10-13-8-6-11-9(12-8)7-4-2-1-3-5-7/h1-6H. The van der Waals surface area contributed by atoms with E-state index in [1.807, 2.05) is 30.3 Å². The van der Waals surface area contributed by atoms with Crippen LogP contribution in [0.5, 0.6) is 0 Å². The van der Waals surface area contributed by atoms with E-state index in [-0.39, 0.29) is 12.1 Å². The molecule has 0 aliphatic rings. The Kier molecular flexibility index (Phi) is 2.61. The van der Waals surface area contributed by atoms with Gasteiger partial charge in [0.05, 0.1) is 18.3 Å². The van der Waals surface area contributed by atoms with Gasteiger partial charge in [-0.1, -0.05) is 30.3 Å². The average molecular weight is 211 g/mol. The molecule has 66 valence electrons. The van der Waals surface area contributed by atoms with Crippen LogP contribution in [0, 0.1) is 0 Å². The summed E-state index contributed by atoms with van der Waals surface area (Å²) in [6.07, 6.45) is 1.55. The number of halogens is 1. The van der Waals surface area contributed by atoms with E-state index in [2.05, 4.69) is 4.98 Å². The first-order valence-corrected chi connectivity index (χ1v) is 5.23. The van der Waals surface area contributed by atoms with Gasteiger partial charge in [-0.15, -0.1) is 11.3 Å². The number of aromatic nitrogens is 1. The van der Waals surface area contributed by atoms with E-state index in [1.165, 1.54) is 11.3 Å². The number of benzene rings is 1. The summed E-state index contributed by atoms with van der Waals surface area (Å²) in [4.78, 5) is 4.11. The van der Waals surface area contributed by atoms with Crippen LogP contribution in [0.15, 0.2) is 40.7 Å². The Bertz CT molecular complexity index is 386. The Labute approximate surface area is 83.9 Å². The van der Waals surface area contributed by atoms with Crippen molar-refractivity contribution in [3.05, 3.63) is 36.5 Å². The van der Waals surface area contributed by atoms with Gasteiger partial charge < -0.3 is 0 Å². The molecular weight excluding hydrogens is 205 g/mol. The van der Waals surface area contributed by atoms with Gasteiger partial charge in [-0.2, -0.15) is 3.89 Å². The minimum absolute atomic E-state index is 0.240. The lowest BCUT2D eigenvalue weighted by atomic mass is 10.2. The van der Waals surface area contributed by atoms with E-state index < -0.39 is 0 Å². The van der Waals surface area contributed by atoms with E-state index in [4.69, 9.17) is 0 Å². The highest BCUT2D eigenvalue weighted by Gasteiger charge is 2.03. The van der Waals surface area contributed by atoms with Gasteiger partial charge in [-0.05, 0) is 0 Å². The topological polar surface area (TPSA) is 12.9 Å². The van der Waals surface area contributed by atoms with E-state index in [1.54, 1.807) is 6.20 Å². The molecule has 0 unspecified atom stereocenters. The molecule has 0 N–H and O–H groups in total. The van der Waals surface area contributed by atoms with Crippen LogP contribution >= 0.6 is 23.5 Å². The molecule has 0 aliphatic carbocycles. The summed E-state index contributed by atoms with van der Waals surface area (Å²) in [5.41, 5.74) is 1.04. The second-order valence-electron chi connectivity index (χ2n) is 2.43. The third-order valence-electron chi connectivity index (χ3n) is 1.58. The van der Waals surface area contributed by atoms with Gasteiger partial charge in [0.2, 0.25) is 0 Å². The van der Waals surface area contributed by atoms with E-state index in [0.29, 0.717) is 4.21 Å². The van der Waals surface area contributed by atoms with Crippen LogP contribution in [0.25, 0.3) is 10.6 Å². The molecule has 1 heterocycles. The highest BCUT2D eigenvalue weighted by atomic mass is 32.2. The fourth-order valence-corrected chi connectivity index (χ4v) is 2.12. The van der Waals surface area contributed by atoms with E-state index in [0.717, 1.165) is 10.6 Å². The van der Waals surface area contributed by atoms with Crippen molar-refractivity contribution >= 4 is 23.5 Å². The summed E-state index contributed by atoms with van der Waals surface area (Å²) in [5, 5.41) is 0.862. The summed E-state index contributed by atoms with van der Waals surface area (Å²) in [5.74, 6) is 0. The second kappa shape index (κ2) is 3.89. The van der Waals surface area contributed by atoms with Crippen LogP contribution in [-0.4, -0.2) is 4.98 Å². The molecule has 0 spiro atoms. The molecule has 0 saturated heterocycles. The smallest absolute Gasteiger partial charge is 0.124 e. The zero-order valence-electron chi connectivity index (χ0n) is 6.61. The highest BCUT2D eigenvalue weighted by molar-refractivity contribution is 7.96. The molecule has 2 rings (SSSR count). The highest BCUT2D eigenvalue weighted by Crippen LogP contribution is 2.31. The Hall–Kier alpha value is -0.870. The van der Waals surface area contributed by atoms with Gasteiger partial charge >= 0.3 is 0 Å². The number of rotatable bonds is 2. The van der Waals surface area contributed by atoms with Gasteiger partial charge in [0.1, 0.15) is 9.22 Å². The minimum Gasteiger partial charge on any atom is -0.243 e. The number of hydrogen-bond donors (Lipinski definition) is 0. The SMILES string of the molecule is FSc1cnc(-c2ccccc2)s1. The molecule has 0 fully saturated rings. The zero-order chi connectivity index (χ0) is 9.10. The fraction of sp³-hybridized carbons (Fsp3) is 0. The fourth-order valence-electron chi connectivity index (χ4n) is 1.01. The molecular formula is C9H6FNS2. The van der Waals surface area contributed by atoms with Crippen molar-refractivity contribution in [2.75, 3.05) is 0 Å². The third-order valence-corrected chi connectivity index (χ3v) is 3.12. The van der Waals surface area contributed by atoms with Crippen molar-refractivity contribution in [2.24, 2.45) is 0 Å². The quantitative estimate of drug-likeness (QED) is 0.749. The van der Waals surface area contributed by atoms with Gasteiger partial charge in [0, 0.05) is 5.56 Å². The van der Waals surface area contributed by atoms with Gasteiger partial charge in [0.15, 0.2) is 0 Å². The molecule has 0 radical (unpaired) electrons. The predicted octanol–water partition coefficient (Wildman–Crippen LogP) is 3.79. The monoisotopic (exact) mass is 211 g/mol. The lowest BCUT2D eigenvalue weighted by molar-refractivity contribution is 0.938. The molecule has 1 aromatic heterocycles. The number of thiazole rings is 1. The minimum atomic E-state index is 0.240. The van der Waals surface area contributed by atoms with Crippen LogP contribution < -0.4 is 0 Å². The summed E-state index contributed by atoms with van der Waals surface area (Å²) >= 11 is 1.60. The molecule has 0 saturated carbocycles. The normalized spacial score (nSPS) is 10.2. The van der Waals surface area contributed by atoms with Crippen LogP contribution in [-0.2, 0) is 0 Å². The van der Waals surface area contributed by atoms with Crippen molar-refractivity contribution in [1.82, 2.24) is 4.98 Å². The van der Waals surface area contributed by atoms with Crippen molar-refractivity contribution in [1.29, 1.82) is 0 Å². The second-order valence-corrected chi connectivity index (χ2v) is 4.31. The third kappa shape index (κ3) is 1.89. The molecule has 1 aromatic carbocycles. The Morgan fingerprint density at radius 2 is 2.00 bits per heavy atom. The van der Waals surface area contributed by atoms with E-state index in [9.17, 15) is 3.89 Å². The van der Waals surface area contributed by atoms with Gasteiger partial charge in [-0.25, -0.2) is 4.98 Å². The average Bonchev–Trinajstić information content (AvgIpc) is 2.67. The Morgan fingerprint density at radius 1 is 1.23 bits per heavy atom. The van der Waals surface area contributed by atoms with Crippen molar-refractivity contribution < 1.29 is 3.89 Å². The lowest BCUT2D eigenvalue weighted by Gasteiger charge is -1.92. The zero-order valence-corrected chi connectivity index (χ0v) is 8.24. The van der Waals surface area contributed by atoms with Gasteiger partial charge in [-0.3, -0.25) is 0 Å². The maximum absolute atomic E-state index is 12.1. The van der Waals surface area contributed by atoms with Crippen molar-refractivity contribution in [3.8, 4) is 10.6 Å². The first-order chi connectivity index (χ1) is 6.40. The summed E-state index contributed by atoms with van der Waals surface area (Å²) in [6, 6.07) is 9.76. The number of hydrogen-bond acceptors (Lipinski definition) is 3. The Balaban J connectivity index is 2.36. The Morgan fingerprint density at radius 3 is 2.62 bits per heavy atom. The molecule has 0 atom stereocenters. The largest absolute Gasteiger partial charge is 0.243 e. The first-order valence-electron chi connectivity index (χ1n) is 3.70. The molecule has 1 nitrogen and oxygen atoms in total. The number of nitrogens with zero attached hydrogens (tertiary/aromatic N) is 1. The van der Waals surface area contributed by atoms with Gasteiger partial charge in [0.25, 0.3) is 0 Å². The van der Waals surface area contributed by atoms with Crippen LogP contribution in [0.1, 0.15) is 0 Å².